The van der Waals surface area contributed by atoms with Crippen molar-refractivity contribution in [3.8, 4) is 22.9 Å². The van der Waals surface area contributed by atoms with Crippen molar-refractivity contribution in [1.29, 1.82) is 0 Å². The number of hydrogen-bond acceptors (Lipinski definition) is 5. The van der Waals surface area contributed by atoms with E-state index in [4.69, 9.17) is 17.0 Å². The summed E-state index contributed by atoms with van der Waals surface area (Å²) in [7, 11) is 0. The summed E-state index contributed by atoms with van der Waals surface area (Å²) >= 11 is 5.21. The molecular formula is C18H16F2N4O2S. The molecule has 0 aliphatic heterocycles. The Kier molecular flexibility index (Phi) is 5.92. The van der Waals surface area contributed by atoms with Crippen molar-refractivity contribution in [2.24, 2.45) is 5.10 Å². The molecule has 6 nitrogen and oxygen atoms in total. The molecule has 0 saturated heterocycles. The van der Waals surface area contributed by atoms with E-state index < -0.39 is 6.61 Å². The zero-order valence-electron chi connectivity index (χ0n) is 14.3. The van der Waals surface area contributed by atoms with E-state index in [9.17, 15) is 8.78 Å². The Balaban J connectivity index is 1.92. The van der Waals surface area contributed by atoms with Gasteiger partial charge in [0.25, 0.3) is 0 Å². The summed E-state index contributed by atoms with van der Waals surface area (Å²) < 4.78 is 36.7. The smallest absolute Gasteiger partial charge is 0.387 e. The van der Waals surface area contributed by atoms with Crippen LogP contribution < -0.4 is 9.47 Å². The van der Waals surface area contributed by atoms with Gasteiger partial charge in [0.05, 0.1) is 12.8 Å². The van der Waals surface area contributed by atoms with Gasteiger partial charge in [-0.15, -0.1) is 0 Å². The fourth-order valence-electron chi connectivity index (χ4n) is 2.36. The molecule has 2 aromatic carbocycles. The Morgan fingerprint density at radius 1 is 1.22 bits per heavy atom. The van der Waals surface area contributed by atoms with E-state index in [0.29, 0.717) is 18.0 Å². The molecule has 0 radical (unpaired) electrons. The highest BCUT2D eigenvalue weighted by molar-refractivity contribution is 7.71. The lowest BCUT2D eigenvalue weighted by Gasteiger charge is -2.07. The van der Waals surface area contributed by atoms with Crippen LogP contribution in [-0.4, -0.2) is 34.3 Å². The van der Waals surface area contributed by atoms with E-state index in [1.165, 1.54) is 17.0 Å². The molecule has 1 N–H and O–H groups in total. The molecule has 3 rings (SSSR count). The first-order valence-electron chi connectivity index (χ1n) is 8.07. The fourth-order valence-corrected chi connectivity index (χ4v) is 2.54. The van der Waals surface area contributed by atoms with Crippen LogP contribution in [0.25, 0.3) is 11.4 Å². The van der Waals surface area contributed by atoms with Gasteiger partial charge in [-0.05, 0) is 55.5 Å². The molecule has 140 valence electrons. The van der Waals surface area contributed by atoms with Gasteiger partial charge in [0.15, 0.2) is 5.82 Å². The van der Waals surface area contributed by atoms with Gasteiger partial charge in [0.2, 0.25) is 4.77 Å². The van der Waals surface area contributed by atoms with Crippen LogP contribution in [0.4, 0.5) is 8.78 Å². The molecule has 0 aliphatic carbocycles. The van der Waals surface area contributed by atoms with E-state index in [0.717, 1.165) is 11.3 Å². The molecule has 0 unspecified atom stereocenters. The SMILES string of the molecule is CCOc1ccc(-c2n[nH]c(=S)n2/N=C\c2ccccc2OC(F)F)cc1. The first kappa shape index (κ1) is 18.7. The summed E-state index contributed by atoms with van der Waals surface area (Å²) in [5, 5.41) is 11.1. The summed E-state index contributed by atoms with van der Waals surface area (Å²) in [4.78, 5) is 0. The van der Waals surface area contributed by atoms with E-state index in [1.807, 2.05) is 31.2 Å². The number of aromatic nitrogens is 3. The first-order valence-corrected chi connectivity index (χ1v) is 8.48. The summed E-state index contributed by atoms with van der Waals surface area (Å²) in [6.45, 7) is -0.443. The van der Waals surface area contributed by atoms with Gasteiger partial charge in [-0.2, -0.15) is 23.7 Å². The highest BCUT2D eigenvalue weighted by atomic mass is 32.1. The molecule has 0 amide bonds. The van der Waals surface area contributed by atoms with Crippen molar-refractivity contribution in [3.05, 3.63) is 58.9 Å². The standard InChI is InChI=1S/C18H16F2N4O2S/c1-2-25-14-9-7-12(8-10-14)16-22-23-18(27)24(16)21-11-13-5-3-4-6-15(13)26-17(19)20/h3-11,17H,2H2,1H3,(H,23,27)/b21-11-. The number of ether oxygens (including phenoxy) is 2. The maximum atomic E-state index is 12.5. The van der Waals surface area contributed by atoms with Crippen LogP contribution in [0, 0.1) is 4.77 Å². The lowest BCUT2D eigenvalue weighted by molar-refractivity contribution is -0.0499. The highest BCUT2D eigenvalue weighted by Gasteiger charge is 2.10. The number of nitrogens with zero attached hydrogens (tertiary/aromatic N) is 3. The lowest BCUT2D eigenvalue weighted by Crippen LogP contribution is -2.04. The van der Waals surface area contributed by atoms with Crippen molar-refractivity contribution in [2.75, 3.05) is 6.61 Å². The second-order valence-electron chi connectivity index (χ2n) is 5.28. The average molecular weight is 390 g/mol. The van der Waals surface area contributed by atoms with Gasteiger partial charge in [-0.1, -0.05) is 12.1 Å². The molecule has 27 heavy (non-hydrogen) atoms. The highest BCUT2D eigenvalue weighted by Crippen LogP contribution is 2.22. The van der Waals surface area contributed by atoms with Gasteiger partial charge < -0.3 is 9.47 Å². The summed E-state index contributed by atoms with van der Waals surface area (Å²) in [5.74, 6) is 1.24. The number of alkyl halides is 2. The van der Waals surface area contributed by atoms with Crippen LogP contribution in [0.1, 0.15) is 12.5 Å². The first-order chi connectivity index (χ1) is 13.1. The van der Waals surface area contributed by atoms with E-state index in [2.05, 4.69) is 20.0 Å². The number of para-hydroxylation sites is 1. The number of aromatic amines is 1. The normalized spacial score (nSPS) is 11.3. The molecule has 1 heterocycles. The molecule has 0 spiro atoms. The minimum absolute atomic E-state index is 0.0221. The Morgan fingerprint density at radius 3 is 2.67 bits per heavy atom. The van der Waals surface area contributed by atoms with Gasteiger partial charge in [0, 0.05) is 11.1 Å². The zero-order chi connectivity index (χ0) is 19.2. The molecule has 9 heteroatoms. The van der Waals surface area contributed by atoms with E-state index in [1.54, 1.807) is 18.2 Å². The molecule has 0 atom stereocenters. The molecule has 0 saturated carbocycles. The summed E-state index contributed by atoms with van der Waals surface area (Å²) in [5.41, 5.74) is 1.15. The number of H-pyrrole nitrogens is 1. The Labute approximate surface area is 159 Å². The predicted molar refractivity (Wildman–Crippen MR) is 100 cm³/mol. The lowest BCUT2D eigenvalue weighted by atomic mass is 10.2. The molecule has 1 aromatic heterocycles. The summed E-state index contributed by atoms with van der Waals surface area (Å²) in [6, 6.07) is 13.6. The molecule has 0 bridgehead atoms. The second-order valence-corrected chi connectivity index (χ2v) is 5.67. The Bertz CT molecular complexity index is 984. The van der Waals surface area contributed by atoms with Gasteiger partial charge in [-0.3, -0.25) is 0 Å². The van der Waals surface area contributed by atoms with E-state index >= 15 is 0 Å². The monoisotopic (exact) mass is 390 g/mol. The third kappa shape index (κ3) is 4.56. The molecule has 3 aromatic rings. The minimum Gasteiger partial charge on any atom is -0.494 e. The number of nitrogens with one attached hydrogen (secondary N) is 1. The third-order valence-electron chi connectivity index (χ3n) is 3.52. The Hall–Kier alpha value is -3.07. The van der Waals surface area contributed by atoms with Crippen LogP contribution in [0.2, 0.25) is 0 Å². The van der Waals surface area contributed by atoms with Crippen molar-refractivity contribution in [2.45, 2.75) is 13.5 Å². The number of hydrogen-bond donors (Lipinski definition) is 1. The van der Waals surface area contributed by atoms with Crippen LogP contribution >= 0.6 is 12.2 Å². The van der Waals surface area contributed by atoms with Gasteiger partial charge in [0.1, 0.15) is 11.5 Å². The maximum absolute atomic E-state index is 12.5. The van der Waals surface area contributed by atoms with Crippen molar-refractivity contribution in [1.82, 2.24) is 14.9 Å². The van der Waals surface area contributed by atoms with Crippen LogP contribution in [-0.2, 0) is 0 Å². The number of halogens is 2. The topological polar surface area (TPSA) is 64.4 Å². The van der Waals surface area contributed by atoms with Crippen LogP contribution in [0.3, 0.4) is 0 Å². The van der Waals surface area contributed by atoms with Crippen molar-refractivity contribution in [3.63, 3.8) is 0 Å². The molecule has 0 fully saturated rings. The van der Waals surface area contributed by atoms with Crippen LogP contribution in [0.15, 0.2) is 53.6 Å². The maximum Gasteiger partial charge on any atom is 0.387 e. The van der Waals surface area contributed by atoms with Crippen LogP contribution in [0.5, 0.6) is 11.5 Å². The zero-order valence-corrected chi connectivity index (χ0v) is 15.1. The molecule has 0 aliphatic rings. The average Bonchev–Trinajstić information content (AvgIpc) is 3.02. The fraction of sp³-hybridized carbons (Fsp3) is 0.167. The largest absolute Gasteiger partial charge is 0.494 e. The third-order valence-corrected chi connectivity index (χ3v) is 3.79. The van der Waals surface area contributed by atoms with Gasteiger partial charge in [-0.25, -0.2) is 5.10 Å². The molecular weight excluding hydrogens is 374 g/mol. The summed E-state index contributed by atoms with van der Waals surface area (Å²) in [6.07, 6.45) is 1.39. The predicted octanol–water partition coefficient (Wildman–Crippen LogP) is 4.49. The number of benzene rings is 2. The quantitative estimate of drug-likeness (QED) is 0.477. The number of rotatable bonds is 7. The van der Waals surface area contributed by atoms with Crippen molar-refractivity contribution < 1.29 is 18.3 Å². The van der Waals surface area contributed by atoms with Crippen molar-refractivity contribution >= 4 is 18.4 Å². The van der Waals surface area contributed by atoms with Gasteiger partial charge >= 0.3 is 6.61 Å². The Morgan fingerprint density at radius 2 is 1.96 bits per heavy atom. The minimum atomic E-state index is -2.92. The second kappa shape index (κ2) is 8.54. The van der Waals surface area contributed by atoms with E-state index in [-0.39, 0.29) is 10.5 Å².